The van der Waals surface area contributed by atoms with Crippen LogP contribution in [0.5, 0.6) is 0 Å². The third-order valence-corrected chi connectivity index (χ3v) is 2.60. The third kappa shape index (κ3) is 2.47. The first-order valence-electron chi connectivity index (χ1n) is 3.92. The summed E-state index contributed by atoms with van der Waals surface area (Å²) in [6.45, 7) is 1.83. The maximum absolute atomic E-state index is 10.5. The molecule has 2 N–H and O–H groups in total. The Morgan fingerprint density at radius 1 is 1.79 bits per heavy atom. The topological polar surface area (TPSA) is 79.8 Å². The predicted molar refractivity (Wildman–Crippen MR) is 53.6 cm³/mol. The van der Waals surface area contributed by atoms with Crippen LogP contribution in [-0.4, -0.2) is 16.6 Å². The molecular formula is C9H9N3OS. The summed E-state index contributed by atoms with van der Waals surface area (Å²) in [5, 5.41) is 9.41. The fourth-order valence-electron chi connectivity index (χ4n) is 0.918. The van der Waals surface area contributed by atoms with Crippen molar-refractivity contribution in [3.63, 3.8) is 0 Å². The van der Waals surface area contributed by atoms with Crippen LogP contribution in [0.25, 0.3) is 0 Å². The van der Waals surface area contributed by atoms with E-state index in [1.807, 2.05) is 6.92 Å². The lowest BCUT2D eigenvalue weighted by Crippen LogP contribution is -2.13. The molecule has 0 bridgehead atoms. The summed E-state index contributed by atoms with van der Waals surface area (Å²) in [6, 6.07) is 3.81. The molecule has 1 rings (SSSR count). The highest BCUT2D eigenvalue weighted by Crippen LogP contribution is 2.21. The SMILES string of the molecule is Cc1ccnc(SCC(N)=O)c1C#N. The second-order valence-corrected chi connectivity index (χ2v) is 3.64. The van der Waals surface area contributed by atoms with Gasteiger partial charge in [-0.3, -0.25) is 4.79 Å². The molecule has 1 amide bonds. The highest BCUT2D eigenvalue weighted by atomic mass is 32.2. The first kappa shape index (κ1) is 10.5. The fraction of sp³-hybridized carbons (Fsp3) is 0.222. The fourth-order valence-corrected chi connectivity index (χ4v) is 1.68. The van der Waals surface area contributed by atoms with E-state index in [1.54, 1.807) is 12.3 Å². The smallest absolute Gasteiger partial charge is 0.227 e. The summed E-state index contributed by atoms with van der Waals surface area (Å²) in [5.41, 5.74) is 6.37. The molecule has 72 valence electrons. The van der Waals surface area contributed by atoms with Crippen molar-refractivity contribution in [2.75, 3.05) is 5.75 Å². The van der Waals surface area contributed by atoms with E-state index in [0.29, 0.717) is 10.6 Å². The Morgan fingerprint density at radius 2 is 2.50 bits per heavy atom. The Hall–Kier alpha value is -1.54. The van der Waals surface area contributed by atoms with Crippen molar-refractivity contribution in [3.05, 3.63) is 23.4 Å². The van der Waals surface area contributed by atoms with Crippen LogP contribution in [0.3, 0.4) is 0 Å². The van der Waals surface area contributed by atoms with Crippen LogP contribution in [0, 0.1) is 18.3 Å². The minimum Gasteiger partial charge on any atom is -0.369 e. The van der Waals surface area contributed by atoms with Gasteiger partial charge in [0.15, 0.2) is 0 Å². The van der Waals surface area contributed by atoms with Gasteiger partial charge in [-0.2, -0.15) is 5.26 Å². The van der Waals surface area contributed by atoms with Crippen LogP contribution in [0.15, 0.2) is 17.3 Å². The molecule has 0 aliphatic heterocycles. The van der Waals surface area contributed by atoms with Gasteiger partial charge in [-0.05, 0) is 18.6 Å². The number of aryl methyl sites for hydroxylation is 1. The minimum absolute atomic E-state index is 0.144. The average molecular weight is 207 g/mol. The number of carbonyl (C=O) groups excluding carboxylic acids is 1. The van der Waals surface area contributed by atoms with E-state index >= 15 is 0 Å². The van der Waals surface area contributed by atoms with Crippen LogP contribution in [0.4, 0.5) is 0 Å². The third-order valence-electron chi connectivity index (χ3n) is 1.59. The number of hydrogen-bond acceptors (Lipinski definition) is 4. The molecule has 1 aromatic heterocycles. The molecule has 0 aliphatic rings. The molecule has 0 aliphatic carbocycles. The molecule has 0 spiro atoms. The average Bonchev–Trinajstić information content (AvgIpc) is 2.14. The van der Waals surface area contributed by atoms with Crippen LogP contribution in [0.1, 0.15) is 11.1 Å². The standard InChI is InChI=1S/C9H9N3OS/c1-6-2-3-12-9(7(6)4-10)14-5-8(11)13/h2-3H,5H2,1H3,(H2,11,13). The number of primary amides is 1. The molecule has 0 saturated carbocycles. The zero-order chi connectivity index (χ0) is 10.6. The summed E-state index contributed by atoms with van der Waals surface area (Å²) in [7, 11) is 0. The second-order valence-electron chi connectivity index (χ2n) is 2.67. The number of pyridine rings is 1. The van der Waals surface area contributed by atoms with Gasteiger partial charge in [0.05, 0.1) is 11.3 Å². The summed E-state index contributed by atoms with van der Waals surface area (Å²) in [5.74, 6) is -0.271. The number of nitrogens with zero attached hydrogens (tertiary/aromatic N) is 2. The van der Waals surface area contributed by atoms with Crippen molar-refractivity contribution in [3.8, 4) is 6.07 Å². The van der Waals surface area contributed by atoms with E-state index in [4.69, 9.17) is 11.0 Å². The lowest BCUT2D eigenvalue weighted by molar-refractivity contribution is -0.115. The van der Waals surface area contributed by atoms with Crippen molar-refractivity contribution >= 4 is 17.7 Å². The Labute approximate surface area is 86.1 Å². The number of carbonyl (C=O) groups is 1. The van der Waals surface area contributed by atoms with Crippen LogP contribution in [-0.2, 0) is 4.79 Å². The number of aromatic nitrogens is 1. The molecular weight excluding hydrogens is 198 g/mol. The highest BCUT2D eigenvalue weighted by Gasteiger charge is 2.07. The molecule has 0 saturated heterocycles. The largest absolute Gasteiger partial charge is 0.369 e. The van der Waals surface area contributed by atoms with Crippen molar-refractivity contribution < 1.29 is 4.79 Å². The van der Waals surface area contributed by atoms with Gasteiger partial charge in [-0.15, -0.1) is 0 Å². The van der Waals surface area contributed by atoms with E-state index in [0.717, 1.165) is 5.56 Å². The maximum Gasteiger partial charge on any atom is 0.227 e. The van der Waals surface area contributed by atoms with E-state index in [2.05, 4.69) is 11.1 Å². The van der Waals surface area contributed by atoms with Gasteiger partial charge >= 0.3 is 0 Å². The Morgan fingerprint density at radius 3 is 3.07 bits per heavy atom. The second kappa shape index (κ2) is 4.63. The number of amides is 1. The van der Waals surface area contributed by atoms with Gasteiger partial charge in [-0.1, -0.05) is 11.8 Å². The van der Waals surface area contributed by atoms with E-state index in [9.17, 15) is 4.79 Å². The van der Waals surface area contributed by atoms with Crippen molar-refractivity contribution in [1.82, 2.24) is 4.98 Å². The molecule has 1 heterocycles. The van der Waals surface area contributed by atoms with Gasteiger partial charge < -0.3 is 5.73 Å². The molecule has 0 fully saturated rings. The molecule has 5 heteroatoms. The molecule has 14 heavy (non-hydrogen) atoms. The summed E-state index contributed by atoms with van der Waals surface area (Å²) in [4.78, 5) is 14.6. The molecule has 0 unspecified atom stereocenters. The summed E-state index contributed by atoms with van der Waals surface area (Å²) < 4.78 is 0. The number of thioether (sulfide) groups is 1. The summed E-state index contributed by atoms with van der Waals surface area (Å²) in [6.07, 6.45) is 1.61. The molecule has 0 radical (unpaired) electrons. The van der Waals surface area contributed by atoms with Crippen molar-refractivity contribution in [2.24, 2.45) is 5.73 Å². The Kier molecular flexibility index (Phi) is 3.48. The number of nitriles is 1. The van der Waals surface area contributed by atoms with Gasteiger partial charge in [-0.25, -0.2) is 4.98 Å². The minimum atomic E-state index is -0.415. The predicted octanol–water partition coefficient (Wildman–Crippen LogP) is 0.839. The maximum atomic E-state index is 10.5. The van der Waals surface area contributed by atoms with Crippen LogP contribution >= 0.6 is 11.8 Å². The van der Waals surface area contributed by atoms with E-state index in [-0.39, 0.29) is 5.75 Å². The van der Waals surface area contributed by atoms with Gasteiger partial charge in [0.2, 0.25) is 5.91 Å². The molecule has 0 aromatic carbocycles. The molecule has 4 nitrogen and oxygen atoms in total. The van der Waals surface area contributed by atoms with Gasteiger partial charge in [0.1, 0.15) is 11.1 Å². The van der Waals surface area contributed by atoms with Gasteiger partial charge in [0, 0.05) is 6.20 Å². The number of rotatable bonds is 3. The number of nitrogens with two attached hydrogens (primary N) is 1. The lowest BCUT2D eigenvalue weighted by atomic mass is 10.2. The first-order valence-corrected chi connectivity index (χ1v) is 4.90. The first-order chi connectivity index (χ1) is 6.65. The Balaban J connectivity index is 2.92. The molecule has 0 atom stereocenters. The van der Waals surface area contributed by atoms with E-state index in [1.165, 1.54) is 11.8 Å². The summed E-state index contributed by atoms with van der Waals surface area (Å²) >= 11 is 1.19. The van der Waals surface area contributed by atoms with Crippen LogP contribution in [0.2, 0.25) is 0 Å². The normalized spacial score (nSPS) is 9.43. The molecule has 1 aromatic rings. The highest BCUT2D eigenvalue weighted by molar-refractivity contribution is 7.99. The zero-order valence-corrected chi connectivity index (χ0v) is 8.47. The monoisotopic (exact) mass is 207 g/mol. The Bertz CT molecular complexity index is 398. The van der Waals surface area contributed by atoms with Crippen LogP contribution < -0.4 is 5.73 Å². The number of hydrogen-bond donors (Lipinski definition) is 1. The zero-order valence-electron chi connectivity index (χ0n) is 7.65. The van der Waals surface area contributed by atoms with E-state index < -0.39 is 5.91 Å². The van der Waals surface area contributed by atoms with Gasteiger partial charge in [0.25, 0.3) is 0 Å². The lowest BCUT2D eigenvalue weighted by Gasteiger charge is -2.02. The quantitative estimate of drug-likeness (QED) is 0.745. The van der Waals surface area contributed by atoms with Crippen molar-refractivity contribution in [2.45, 2.75) is 11.9 Å². The van der Waals surface area contributed by atoms with Crippen molar-refractivity contribution in [1.29, 1.82) is 5.26 Å².